The number of rotatable bonds is 5. The second-order valence-corrected chi connectivity index (χ2v) is 12.4. The van der Waals surface area contributed by atoms with Crippen LogP contribution in [0.2, 0.25) is 0 Å². The van der Waals surface area contributed by atoms with E-state index in [1.165, 1.54) is 63.4 Å². The second kappa shape index (κ2) is 8.20. The summed E-state index contributed by atoms with van der Waals surface area (Å²) >= 11 is 0. The Morgan fingerprint density at radius 2 is 1.66 bits per heavy atom. The molecule has 0 nitrogen and oxygen atoms in total. The summed E-state index contributed by atoms with van der Waals surface area (Å²) in [4.78, 5) is 0. The summed E-state index contributed by atoms with van der Waals surface area (Å²) < 4.78 is 0. The molecule has 0 N–H and O–H groups in total. The van der Waals surface area contributed by atoms with Crippen LogP contribution in [0.5, 0.6) is 0 Å². The van der Waals surface area contributed by atoms with E-state index in [9.17, 15) is 0 Å². The van der Waals surface area contributed by atoms with Crippen molar-refractivity contribution in [2.75, 3.05) is 0 Å². The first-order chi connectivity index (χ1) is 13.8. The molecule has 0 amide bonds. The Kier molecular flexibility index (Phi) is 6.14. The van der Waals surface area contributed by atoms with E-state index in [4.69, 9.17) is 0 Å². The molecule has 29 heavy (non-hydrogen) atoms. The normalized spacial score (nSPS) is 46.0. The van der Waals surface area contributed by atoms with Gasteiger partial charge in [0.15, 0.2) is 0 Å². The number of fused-ring (bicyclic) bond motifs is 5. The SMILES string of the molecule is C=CC(=CC[C@@H](C)[C@H]1CC[C@H]2[C@@H]3CCC4CCCC[C@]4(C)[C@H]3CC[C@]12C)C(C)C. The first-order valence-corrected chi connectivity index (χ1v) is 13.1. The zero-order chi connectivity index (χ0) is 20.8. The lowest BCUT2D eigenvalue weighted by molar-refractivity contribution is -0.114. The van der Waals surface area contributed by atoms with Crippen LogP contribution < -0.4 is 0 Å². The number of hydrogen-bond acceptors (Lipinski definition) is 0. The maximum atomic E-state index is 4.05. The molecule has 0 aromatic rings. The molecule has 0 heterocycles. The predicted molar refractivity (Wildman–Crippen MR) is 127 cm³/mol. The third kappa shape index (κ3) is 3.59. The van der Waals surface area contributed by atoms with Crippen molar-refractivity contribution in [3.05, 3.63) is 24.3 Å². The zero-order valence-corrected chi connectivity index (χ0v) is 20.2. The highest BCUT2D eigenvalue weighted by atomic mass is 14.6. The highest BCUT2D eigenvalue weighted by Gasteiger charge is 2.59. The molecule has 0 bridgehead atoms. The van der Waals surface area contributed by atoms with Gasteiger partial charge in [-0.25, -0.2) is 0 Å². The summed E-state index contributed by atoms with van der Waals surface area (Å²) in [6.45, 7) is 16.7. The van der Waals surface area contributed by atoms with E-state index in [-0.39, 0.29) is 0 Å². The van der Waals surface area contributed by atoms with Gasteiger partial charge in [-0.1, -0.05) is 71.8 Å². The van der Waals surface area contributed by atoms with Crippen molar-refractivity contribution in [2.45, 2.75) is 105 Å². The van der Waals surface area contributed by atoms with Crippen molar-refractivity contribution in [3.8, 4) is 0 Å². The van der Waals surface area contributed by atoms with Crippen LogP contribution in [0, 0.1) is 52.3 Å². The van der Waals surface area contributed by atoms with Gasteiger partial charge in [0, 0.05) is 0 Å². The maximum absolute atomic E-state index is 4.05. The maximum Gasteiger partial charge on any atom is -0.0222 e. The number of allylic oxidation sites excluding steroid dienone is 3. The van der Waals surface area contributed by atoms with E-state index >= 15 is 0 Å². The quantitative estimate of drug-likeness (QED) is 0.407. The van der Waals surface area contributed by atoms with Crippen molar-refractivity contribution in [3.63, 3.8) is 0 Å². The molecule has 4 aliphatic rings. The second-order valence-electron chi connectivity index (χ2n) is 12.4. The van der Waals surface area contributed by atoms with Crippen molar-refractivity contribution < 1.29 is 0 Å². The Labute approximate surface area is 182 Å². The highest BCUT2D eigenvalue weighted by Crippen LogP contribution is 2.68. The van der Waals surface area contributed by atoms with Gasteiger partial charge in [0.1, 0.15) is 0 Å². The zero-order valence-electron chi connectivity index (χ0n) is 20.2. The van der Waals surface area contributed by atoms with Crippen molar-refractivity contribution in [1.82, 2.24) is 0 Å². The smallest absolute Gasteiger partial charge is 0.0222 e. The van der Waals surface area contributed by atoms with Crippen LogP contribution in [0.15, 0.2) is 24.3 Å². The molecular formula is C29H48. The van der Waals surface area contributed by atoms with Gasteiger partial charge in [-0.3, -0.25) is 0 Å². The van der Waals surface area contributed by atoms with E-state index in [2.05, 4.69) is 53.3 Å². The third-order valence-corrected chi connectivity index (χ3v) is 11.0. The van der Waals surface area contributed by atoms with Crippen LogP contribution >= 0.6 is 0 Å². The van der Waals surface area contributed by atoms with Crippen molar-refractivity contribution in [1.29, 1.82) is 0 Å². The topological polar surface area (TPSA) is 0 Å². The van der Waals surface area contributed by atoms with Crippen LogP contribution in [0.1, 0.15) is 105 Å². The molecule has 0 heteroatoms. The first-order valence-electron chi connectivity index (χ1n) is 13.1. The first kappa shape index (κ1) is 21.7. The Bertz CT molecular complexity index is 626. The van der Waals surface area contributed by atoms with Gasteiger partial charge in [0.05, 0.1) is 0 Å². The molecule has 0 aromatic carbocycles. The fourth-order valence-corrected chi connectivity index (χ4v) is 9.31. The molecule has 0 radical (unpaired) electrons. The minimum absolute atomic E-state index is 0.605. The summed E-state index contributed by atoms with van der Waals surface area (Å²) in [5, 5.41) is 0. The fourth-order valence-electron chi connectivity index (χ4n) is 9.31. The van der Waals surface area contributed by atoms with E-state index in [0.29, 0.717) is 16.7 Å². The predicted octanol–water partition coefficient (Wildman–Crippen LogP) is 8.83. The van der Waals surface area contributed by atoms with E-state index in [1.54, 1.807) is 12.8 Å². The van der Waals surface area contributed by atoms with Crippen LogP contribution in [-0.4, -0.2) is 0 Å². The monoisotopic (exact) mass is 396 g/mol. The van der Waals surface area contributed by atoms with Gasteiger partial charge in [-0.15, -0.1) is 0 Å². The van der Waals surface area contributed by atoms with E-state index in [1.807, 2.05) is 0 Å². The van der Waals surface area contributed by atoms with Crippen LogP contribution in [0.4, 0.5) is 0 Å². The summed E-state index contributed by atoms with van der Waals surface area (Å²) in [5.74, 6) is 6.50. The average Bonchev–Trinajstić information content (AvgIpc) is 3.05. The van der Waals surface area contributed by atoms with Crippen LogP contribution in [0.25, 0.3) is 0 Å². The van der Waals surface area contributed by atoms with Crippen molar-refractivity contribution in [2.24, 2.45) is 52.3 Å². The standard InChI is InChI=1S/C29H48/c1-7-22(20(2)3)12-11-21(4)25-15-16-26-24-14-13-23-10-8-9-18-28(23,5)27(24)17-19-29(25,26)6/h7,12,20-21,23-27H,1,8-11,13-19H2,2-6H3/t21-,23?,24+,25-,26+,27+,28+,29-/m1/s1. The third-order valence-electron chi connectivity index (χ3n) is 11.0. The largest absolute Gasteiger partial charge is 0.0988 e. The molecule has 164 valence electrons. The highest BCUT2D eigenvalue weighted by molar-refractivity contribution is 5.18. The Morgan fingerprint density at radius 3 is 2.38 bits per heavy atom. The minimum Gasteiger partial charge on any atom is -0.0988 e. The fraction of sp³-hybridized carbons (Fsp3) is 0.862. The van der Waals surface area contributed by atoms with Crippen molar-refractivity contribution >= 4 is 0 Å². The molecule has 0 aromatic heterocycles. The lowest BCUT2D eigenvalue weighted by Gasteiger charge is -2.61. The molecule has 0 aliphatic heterocycles. The minimum atomic E-state index is 0.605. The summed E-state index contributed by atoms with van der Waals surface area (Å²) in [5.41, 5.74) is 2.74. The lowest BCUT2D eigenvalue weighted by Crippen LogP contribution is -2.53. The van der Waals surface area contributed by atoms with E-state index < -0.39 is 0 Å². The summed E-state index contributed by atoms with van der Waals surface area (Å²) in [6.07, 6.45) is 21.1. The molecule has 1 unspecified atom stereocenters. The molecule has 4 aliphatic carbocycles. The van der Waals surface area contributed by atoms with Gasteiger partial charge < -0.3 is 0 Å². The van der Waals surface area contributed by atoms with Gasteiger partial charge in [0.2, 0.25) is 0 Å². The number of hydrogen-bond donors (Lipinski definition) is 0. The Balaban J connectivity index is 1.50. The molecule has 0 saturated heterocycles. The molecule has 4 fully saturated rings. The van der Waals surface area contributed by atoms with Gasteiger partial charge in [0.25, 0.3) is 0 Å². The van der Waals surface area contributed by atoms with Gasteiger partial charge in [-0.2, -0.15) is 0 Å². The van der Waals surface area contributed by atoms with E-state index in [0.717, 1.165) is 35.5 Å². The van der Waals surface area contributed by atoms with Gasteiger partial charge >= 0.3 is 0 Å². The molecule has 8 atom stereocenters. The lowest BCUT2D eigenvalue weighted by atomic mass is 9.44. The van der Waals surface area contributed by atoms with Gasteiger partial charge in [-0.05, 0) is 110 Å². The molecule has 4 saturated carbocycles. The molecule has 4 rings (SSSR count). The Hall–Kier alpha value is -0.520. The summed E-state index contributed by atoms with van der Waals surface area (Å²) in [7, 11) is 0. The summed E-state index contributed by atoms with van der Waals surface area (Å²) in [6, 6.07) is 0. The van der Waals surface area contributed by atoms with Crippen LogP contribution in [0.3, 0.4) is 0 Å². The molecular weight excluding hydrogens is 348 g/mol. The van der Waals surface area contributed by atoms with Crippen LogP contribution in [-0.2, 0) is 0 Å². The average molecular weight is 397 g/mol. The molecule has 0 spiro atoms. The Morgan fingerprint density at radius 1 is 0.897 bits per heavy atom.